The summed E-state index contributed by atoms with van der Waals surface area (Å²) in [6.45, 7) is 0. The molecule has 4 nitrogen and oxygen atoms in total. The summed E-state index contributed by atoms with van der Waals surface area (Å²) in [7, 11) is 0. The number of rotatable bonds is 4. The third-order valence-electron chi connectivity index (χ3n) is 4.35. The Kier molecular flexibility index (Phi) is 6.39. The number of hydrogen-bond acceptors (Lipinski definition) is 4. The van der Waals surface area contributed by atoms with E-state index in [0.29, 0.717) is 24.3 Å². The normalized spacial score (nSPS) is 12.1. The minimum Gasteiger partial charge on any atom is -0.448 e. The van der Waals surface area contributed by atoms with E-state index in [1.165, 1.54) is 0 Å². The van der Waals surface area contributed by atoms with Gasteiger partial charge in [-0.1, -0.05) is 0 Å². The third-order valence-corrected chi connectivity index (χ3v) is 4.35. The molecule has 0 saturated heterocycles. The molecule has 4 N–H and O–H groups in total. The van der Waals surface area contributed by atoms with Crippen LogP contribution >= 0.6 is 0 Å². The van der Waals surface area contributed by atoms with Crippen LogP contribution in [0.15, 0.2) is 30.3 Å². The van der Waals surface area contributed by atoms with E-state index in [4.69, 9.17) is 11.5 Å². The maximum absolute atomic E-state index is 15.1. The van der Waals surface area contributed by atoms with E-state index in [-0.39, 0.29) is 0 Å². The minimum atomic E-state index is -6.01. The molecular weight excluding hydrogens is 509 g/mol. The summed E-state index contributed by atoms with van der Waals surface area (Å²) in [4.78, 5) is 0. The molecule has 3 aromatic rings. The zero-order valence-electron chi connectivity index (χ0n) is 16.5. The molecule has 0 aliphatic rings. The fraction of sp³-hybridized carbons (Fsp3) is 0.100. The standard InChI is InChI=1S/C20H9F11N2O2/c21-7-1-3-9(32)13(23)16(7)34-11-5-6(19(26,27)28)12(20(29,30)31)18(15(11)25)35-17-8(22)2-4-10(33)14(17)24/h1-5H,32-33H2. The molecular formula is C20H9F11N2O2. The van der Waals surface area contributed by atoms with Gasteiger partial charge in [0, 0.05) is 0 Å². The van der Waals surface area contributed by atoms with Gasteiger partial charge in [0.1, 0.15) is 5.56 Å². The van der Waals surface area contributed by atoms with Crippen LogP contribution in [-0.2, 0) is 12.4 Å². The number of halogens is 11. The number of nitrogens with two attached hydrogens (primary N) is 2. The van der Waals surface area contributed by atoms with Crippen molar-refractivity contribution in [2.45, 2.75) is 12.4 Å². The molecule has 0 heterocycles. The fourth-order valence-corrected chi connectivity index (χ4v) is 2.78. The van der Waals surface area contributed by atoms with Gasteiger partial charge in [-0.05, 0) is 30.3 Å². The van der Waals surface area contributed by atoms with Crippen molar-refractivity contribution in [3.05, 3.63) is 70.5 Å². The first kappa shape index (κ1) is 25.7. The molecule has 0 amide bonds. The molecule has 0 saturated carbocycles. The SMILES string of the molecule is Nc1ccc(F)c(Oc2cc(C(F)(F)F)c(C(F)(F)F)c(Oc3c(F)ccc(N)c3F)c2F)c1F. The molecule has 0 bridgehead atoms. The lowest BCUT2D eigenvalue weighted by Crippen LogP contribution is -2.19. The maximum Gasteiger partial charge on any atom is 0.420 e. The van der Waals surface area contributed by atoms with Gasteiger partial charge in [0.15, 0.2) is 34.8 Å². The van der Waals surface area contributed by atoms with Crippen LogP contribution in [0, 0.1) is 29.1 Å². The minimum absolute atomic E-state index is 0.376. The smallest absolute Gasteiger partial charge is 0.420 e. The Morgan fingerprint density at radius 2 is 1.03 bits per heavy atom. The molecule has 3 aromatic carbocycles. The lowest BCUT2D eigenvalue weighted by atomic mass is 10.0. The molecule has 0 aromatic heterocycles. The summed E-state index contributed by atoms with van der Waals surface area (Å²) in [5.74, 6) is -17.0. The average molecular weight is 518 g/mol. The van der Waals surface area contributed by atoms with Crippen LogP contribution in [0.3, 0.4) is 0 Å². The largest absolute Gasteiger partial charge is 0.448 e. The molecule has 15 heteroatoms. The van der Waals surface area contributed by atoms with Crippen LogP contribution in [0.25, 0.3) is 0 Å². The number of ether oxygens (including phenoxy) is 2. The van der Waals surface area contributed by atoms with Gasteiger partial charge in [0.05, 0.1) is 16.9 Å². The Balaban J connectivity index is 2.37. The highest BCUT2D eigenvalue weighted by Gasteiger charge is 2.48. The molecule has 0 aliphatic carbocycles. The van der Waals surface area contributed by atoms with Crippen LogP contribution < -0.4 is 20.9 Å². The van der Waals surface area contributed by atoms with Gasteiger partial charge < -0.3 is 20.9 Å². The molecule has 0 unspecified atom stereocenters. The van der Waals surface area contributed by atoms with E-state index >= 15 is 4.39 Å². The van der Waals surface area contributed by atoms with Crippen molar-refractivity contribution < 1.29 is 57.8 Å². The summed E-state index contributed by atoms with van der Waals surface area (Å²) in [6, 6.07) is 1.56. The van der Waals surface area contributed by atoms with Gasteiger partial charge >= 0.3 is 12.4 Å². The lowest BCUT2D eigenvalue weighted by Gasteiger charge is -2.22. The monoisotopic (exact) mass is 518 g/mol. The van der Waals surface area contributed by atoms with E-state index in [0.717, 1.165) is 0 Å². The first-order valence-electron chi connectivity index (χ1n) is 8.87. The van der Waals surface area contributed by atoms with E-state index in [1.54, 1.807) is 0 Å². The highest BCUT2D eigenvalue weighted by molar-refractivity contribution is 5.56. The van der Waals surface area contributed by atoms with Crippen molar-refractivity contribution in [1.29, 1.82) is 0 Å². The molecule has 0 radical (unpaired) electrons. The summed E-state index contributed by atoms with van der Waals surface area (Å²) in [6.07, 6.45) is -11.9. The quantitative estimate of drug-likeness (QED) is 0.284. The van der Waals surface area contributed by atoms with Crippen LogP contribution in [-0.4, -0.2) is 0 Å². The van der Waals surface area contributed by atoms with Crippen molar-refractivity contribution in [2.75, 3.05) is 11.5 Å². The van der Waals surface area contributed by atoms with Crippen LogP contribution in [0.4, 0.5) is 59.7 Å². The van der Waals surface area contributed by atoms with Gasteiger partial charge in [-0.25, -0.2) is 17.6 Å². The fourth-order valence-electron chi connectivity index (χ4n) is 2.78. The molecule has 0 fully saturated rings. The number of anilines is 2. The zero-order valence-corrected chi connectivity index (χ0v) is 16.5. The Hall–Kier alpha value is -3.91. The second-order valence-corrected chi connectivity index (χ2v) is 6.70. The average Bonchev–Trinajstić information content (AvgIpc) is 2.74. The predicted molar refractivity (Wildman–Crippen MR) is 98.1 cm³/mol. The summed E-state index contributed by atoms with van der Waals surface area (Å²) >= 11 is 0. The van der Waals surface area contributed by atoms with Crippen molar-refractivity contribution in [2.24, 2.45) is 0 Å². The van der Waals surface area contributed by atoms with E-state index in [1.807, 2.05) is 0 Å². The number of alkyl halides is 6. The number of hydrogen-bond donors (Lipinski definition) is 2. The molecule has 0 spiro atoms. The molecule has 188 valence electrons. The maximum atomic E-state index is 15.1. The van der Waals surface area contributed by atoms with Crippen molar-refractivity contribution in [3.63, 3.8) is 0 Å². The van der Waals surface area contributed by atoms with Crippen LogP contribution in [0.5, 0.6) is 23.0 Å². The topological polar surface area (TPSA) is 70.5 Å². The highest BCUT2D eigenvalue weighted by Crippen LogP contribution is 2.51. The zero-order chi connectivity index (χ0) is 26.5. The van der Waals surface area contributed by atoms with Gasteiger partial charge in [-0.15, -0.1) is 0 Å². The van der Waals surface area contributed by atoms with Crippen molar-refractivity contribution in [3.8, 4) is 23.0 Å². The number of benzene rings is 3. The Morgan fingerprint density at radius 3 is 1.46 bits per heavy atom. The predicted octanol–water partition coefficient (Wildman–Crippen LogP) is 7.17. The van der Waals surface area contributed by atoms with Gasteiger partial charge in [0.25, 0.3) is 0 Å². The number of nitrogen functional groups attached to an aromatic ring is 2. The summed E-state index contributed by atoms with van der Waals surface area (Å²) < 4.78 is 161. The van der Waals surface area contributed by atoms with E-state index in [2.05, 4.69) is 9.47 Å². The second-order valence-electron chi connectivity index (χ2n) is 6.70. The second kappa shape index (κ2) is 8.70. The Morgan fingerprint density at radius 1 is 0.571 bits per heavy atom. The van der Waals surface area contributed by atoms with Gasteiger partial charge in [-0.3, -0.25) is 0 Å². The highest BCUT2D eigenvalue weighted by atomic mass is 19.4. The molecule has 35 heavy (non-hydrogen) atoms. The Bertz CT molecular complexity index is 1300. The van der Waals surface area contributed by atoms with E-state index in [9.17, 15) is 43.9 Å². The molecule has 0 aliphatic heterocycles. The lowest BCUT2D eigenvalue weighted by molar-refractivity contribution is -0.163. The molecule has 3 rings (SSSR count). The summed E-state index contributed by atoms with van der Waals surface area (Å²) in [5, 5.41) is 0. The van der Waals surface area contributed by atoms with E-state index < -0.39 is 93.0 Å². The van der Waals surface area contributed by atoms with Crippen molar-refractivity contribution in [1.82, 2.24) is 0 Å². The van der Waals surface area contributed by atoms with Crippen LogP contribution in [0.2, 0.25) is 0 Å². The Labute approximate surface area is 187 Å². The first-order chi connectivity index (χ1) is 16.0. The third kappa shape index (κ3) is 4.83. The van der Waals surface area contributed by atoms with Crippen LogP contribution in [0.1, 0.15) is 11.1 Å². The molecule has 0 atom stereocenters. The van der Waals surface area contributed by atoms with Gasteiger partial charge in [0.2, 0.25) is 17.3 Å². The van der Waals surface area contributed by atoms with Gasteiger partial charge in [-0.2, -0.15) is 30.7 Å². The van der Waals surface area contributed by atoms with Crippen molar-refractivity contribution >= 4 is 11.4 Å². The first-order valence-corrected chi connectivity index (χ1v) is 8.87. The summed E-state index contributed by atoms with van der Waals surface area (Å²) in [5.41, 5.74) is 3.09.